The Hall–Kier alpha value is -0.480. The first kappa shape index (κ1) is 13.0. The van der Waals surface area contributed by atoms with Gasteiger partial charge in [-0.3, -0.25) is 0 Å². The van der Waals surface area contributed by atoms with Crippen LogP contribution < -0.4 is 5.73 Å². The molecule has 0 amide bonds. The molecule has 0 unspecified atom stereocenters. The molecule has 94 valence electrons. The second-order valence-electron chi connectivity index (χ2n) is 4.68. The van der Waals surface area contributed by atoms with Crippen molar-refractivity contribution in [3.8, 4) is 0 Å². The number of hydrogen-bond donors (Lipinski definition) is 1. The van der Waals surface area contributed by atoms with Crippen molar-refractivity contribution < 1.29 is 8.78 Å². The zero-order valence-electron chi connectivity index (χ0n) is 9.56. The quantitative estimate of drug-likeness (QED) is 0.810. The molecule has 0 radical (unpaired) electrons. The highest BCUT2D eigenvalue weighted by molar-refractivity contribution is 9.10. The molecule has 2 rings (SSSR count). The van der Waals surface area contributed by atoms with Crippen LogP contribution in [0.4, 0.5) is 8.78 Å². The lowest BCUT2D eigenvalue weighted by atomic mass is 9.81. The Morgan fingerprint density at radius 1 is 1.18 bits per heavy atom. The Labute approximate surface area is 109 Å². The molecule has 2 N–H and O–H groups in total. The van der Waals surface area contributed by atoms with Crippen LogP contribution in [-0.2, 0) is 0 Å². The first-order valence-electron chi connectivity index (χ1n) is 6.00. The summed E-state index contributed by atoms with van der Waals surface area (Å²) in [5.74, 6) is -0.895. The molecule has 0 heterocycles. The largest absolute Gasteiger partial charge is 0.324 e. The third kappa shape index (κ3) is 2.68. The monoisotopic (exact) mass is 303 g/mol. The molecule has 1 saturated carbocycles. The van der Waals surface area contributed by atoms with Crippen molar-refractivity contribution in [2.24, 2.45) is 11.7 Å². The van der Waals surface area contributed by atoms with E-state index in [1.807, 2.05) is 0 Å². The van der Waals surface area contributed by atoms with E-state index in [0.29, 0.717) is 0 Å². The Bertz CT molecular complexity index is 403. The van der Waals surface area contributed by atoms with Crippen molar-refractivity contribution >= 4 is 15.9 Å². The standard InChI is InChI=1S/C13H16BrF2N/c14-9-6-7-10(15)11(12(9)16)13(17)8-4-2-1-3-5-8/h6-8,13H,1-5,17H2/t13-/m0/s1. The number of rotatable bonds is 2. The minimum Gasteiger partial charge on any atom is -0.324 e. The lowest BCUT2D eigenvalue weighted by Crippen LogP contribution is -2.25. The third-order valence-electron chi connectivity index (χ3n) is 3.57. The highest BCUT2D eigenvalue weighted by Gasteiger charge is 2.27. The highest BCUT2D eigenvalue weighted by atomic mass is 79.9. The number of halogens is 3. The minimum atomic E-state index is -0.553. The summed E-state index contributed by atoms with van der Waals surface area (Å²) in [7, 11) is 0. The van der Waals surface area contributed by atoms with Gasteiger partial charge in [0, 0.05) is 11.6 Å². The van der Waals surface area contributed by atoms with Gasteiger partial charge in [0.2, 0.25) is 0 Å². The molecule has 0 aliphatic heterocycles. The predicted molar refractivity (Wildman–Crippen MR) is 67.6 cm³/mol. The summed E-state index contributed by atoms with van der Waals surface area (Å²) in [4.78, 5) is 0. The fraction of sp³-hybridized carbons (Fsp3) is 0.538. The van der Waals surface area contributed by atoms with Crippen LogP contribution in [0.1, 0.15) is 43.7 Å². The summed E-state index contributed by atoms with van der Waals surface area (Å²) < 4.78 is 27.9. The van der Waals surface area contributed by atoms with Crippen molar-refractivity contribution in [2.75, 3.05) is 0 Å². The molecule has 0 aromatic heterocycles. The van der Waals surface area contributed by atoms with Crippen LogP contribution >= 0.6 is 15.9 Å². The molecular weight excluding hydrogens is 288 g/mol. The van der Waals surface area contributed by atoms with E-state index < -0.39 is 17.7 Å². The van der Waals surface area contributed by atoms with Gasteiger partial charge in [-0.1, -0.05) is 19.3 Å². The first-order chi connectivity index (χ1) is 8.11. The molecule has 0 bridgehead atoms. The van der Waals surface area contributed by atoms with E-state index in [0.717, 1.165) is 25.7 Å². The van der Waals surface area contributed by atoms with Crippen LogP contribution in [0.25, 0.3) is 0 Å². The lowest BCUT2D eigenvalue weighted by Gasteiger charge is -2.28. The van der Waals surface area contributed by atoms with E-state index in [1.165, 1.54) is 18.6 Å². The van der Waals surface area contributed by atoms with Gasteiger partial charge in [0.05, 0.1) is 4.47 Å². The van der Waals surface area contributed by atoms with Crippen LogP contribution in [-0.4, -0.2) is 0 Å². The lowest BCUT2D eigenvalue weighted by molar-refractivity contribution is 0.298. The van der Waals surface area contributed by atoms with Gasteiger partial charge in [0.15, 0.2) is 0 Å². The second kappa shape index (κ2) is 5.44. The topological polar surface area (TPSA) is 26.0 Å². The molecule has 1 nitrogen and oxygen atoms in total. The van der Waals surface area contributed by atoms with Crippen LogP contribution in [0.3, 0.4) is 0 Å². The summed E-state index contributed by atoms with van der Waals surface area (Å²) in [6.45, 7) is 0. The second-order valence-corrected chi connectivity index (χ2v) is 5.54. The zero-order chi connectivity index (χ0) is 12.4. The van der Waals surface area contributed by atoms with Gasteiger partial charge in [0.1, 0.15) is 11.6 Å². The van der Waals surface area contributed by atoms with Gasteiger partial charge >= 0.3 is 0 Å². The van der Waals surface area contributed by atoms with Crippen LogP contribution in [0.5, 0.6) is 0 Å². The van der Waals surface area contributed by atoms with E-state index in [2.05, 4.69) is 15.9 Å². The van der Waals surface area contributed by atoms with Gasteiger partial charge in [-0.05, 0) is 46.8 Å². The molecule has 1 aliphatic carbocycles. The maximum Gasteiger partial charge on any atom is 0.145 e. The Morgan fingerprint density at radius 2 is 1.82 bits per heavy atom. The third-order valence-corrected chi connectivity index (χ3v) is 4.18. The van der Waals surface area contributed by atoms with Gasteiger partial charge in [-0.25, -0.2) is 8.78 Å². The van der Waals surface area contributed by atoms with Crippen LogP contribution in [0.2, 0.25) is 0 Å². The molecule has 1 aromatic rings. The maximum absolute atomic E-state index is 13.9. The summed E-state index contributed by atoms with van der Waals surface area (Å²) in [6.07, 6.45) is 5.34. The molecule has 0 spiro atoms. The van der Waals surface area contributed by atoms with E-state index in [4.69, 9.17) is 5.73 Å². The smallest absolute Gasteiger partial charge is 0.145 e. The molecule has 17 heavy (non-hydrogen) atoms. The fourth-order valence-corrected chi connectivity index (χ4v) is 2.92. The zero-order valence-corrected chi connectivity index (χ0v) is 11.1. The molecule has 1 aromatic carbocycles. The Morgan fingerprint density at radius 3 is 2.47 bits per heavy atom. The number of nitrogens with two attached hydrogens (primary N) is 1. The van der Waals surface area contributed by atoms with Crippen LogP contribution in [0.15, 0.2) is 16.6 Å². The molecule has 0 saturated heterocycles. The molecule has 4 heteroatoms. The van der Waals surface area contributed by atoms with Crippen molar-refractivity contribution in [3.05, 3.63) is 33.8 Å². The van der Waals surface area contributed by atoms with Crippen molar-refractivity contribution in [3.63, 3.8) is 0 Å². The van der Waals surface area contributed by atoms with Crippen LogP contribution in [0, 0.1) is 17.6 Å². The predicted octanol–water partition coefficient (Wildman–Crippen LogP) is 4.31. The van der Waals surface area contributed by atoms with Crippen molar-refractivity contribution in [2.45, 2.75) is 38.1 Å². The van der Waals surface area contributed by atoms with E-state index in [1.54, 1.807) is 0 Å². The Kier molecular flexibility index (Phi) is 4.15. The summed E-state index contributed by atoms with van der Waals surface area (Å²) in [6, 6.07) is 2.11. The average Bonchev–Trinajstić information content (AvgIpc) is 2.35. The number of benzene rings is 1. The first-order valence-corrected chi connectivity index (χ1v) is 6.79. The van der Waals surface area contributed by atoms with Crippen molar-refractivity contribution in [1.82, 2.24) is 0 Å². The number of hydrogen-bond acceptors (Lipinski definition) is 1. The fourth-order valence-electron chi connectivity index (χ4n) is 2.58. The Balaban J connectivity index is 2.29. The SMILES string of the molecule is N[C@H](c1c(F)ccc(Br)c1F)C1CCCCC1. The summed E-state index contributed by atoms with van der Waals surface area (Å²) >= 11 is 3.08. The highest BCUT2D eigenvalue weighted by Crippen LogP contribution is 2.36. The molecule has 1 aliphatic rings. The van der Waals surface area contributed by atoms with Gasteiger partial charge < -0.3 is 5.73 Å². The van der Waals surface area contributed by atoms with E-state index in [9.17, 15) is 8.78 Å². The molecule has 1 fully saturated rings. The molecular formula is C13H16BrF2N. The maximum atomic E-state index is 13.9. The van der Waals surface area contributed by atoms with E-state index in [-0.39, 0.29) is 16.0 Å². The summed E-state index contributed by atoms with van der Waals surface area (Å²) in [5, 5.41) is 0. The van der Waals surface area contributed by atoms with Crippen molar-refractivity contribution in [1.29, 1.82) is 0 Å². The van der Waals surface area contributed by atoms with E-state index >= 15 is 0 Å². The normalized spacial score (nSPS) is 19.3. The summed E-state index contributed by atoms with van der Waals surface area (Å²) in [5.41, 5.74) is 6.07. The minimum absolute atomic E-state index is 0.0336. The van der Waals surface area contributed by atoms with Gasteiger partial charge in [0.25, 0.3) is 0 Å². The van der Waals surface area contributed by atoms with Gasteiger partial charge in [-0.2, -0.15) is 0 Å². The average molecular weight is 304 g/mol. The molecule has 1 atom stereocenters. The van der Waals surface area contributed by atoms with Gasteiger partial charge in [-0.15, -0.1) is 0 Å².